The third kappa shape index (κ3) is 3.93. The van der Waals surface area contributed by atoms with E-state index in [2.05, 4.69) is 22.8 Å². The highest BCUT2D eigenvalue weighted by Crippen LogP contribution is 2.47. The van der Waals surface area contributed by atoms with Gasteiger partial charge in [0.15, 0.2) is 0 Å². The lowest BCUT2D eigenvalue weighted by Gasteiger charge is -2.21. The molecular weight excluding hydrogens is 328 g/mol. The number of urea groups is 1. The first-order valence-electron chi connectivity index (χ1n) is 8.90. The van der Waals surface area contributed by atoms with E-state index in [9.17, 15) is 4.79 Å². The van der Waals surface area contributed by atoms with Gasteiger partial charge in [0.25, 0.3) is 0 Å². The Morgan fingerprint density at radius 1 is 1.12 bits per heavy atom. The summed E-state index contributed by atoms with van der Waals surface area (Å²) in [4.78, 5) is 12.4. The van der Waals surface area contributed by atoms with Crippen LogP contribution in [-0.2, 0) is 5.41 Å². The molecule has 1 unspecified atom stereocenters. The summed E-state index contributed by atoms with van der Waals surface area (Å²) in [6, 6.07) is 15.6. The third-order valence-corrected chi connectivity index (χ3v) is 5.08. The van der Waals surface area contributed by atoms with Crippen LogP contribution in [-0.4, -0.2) is 26.8 Å². The van der Waals surface area contributed by atoms with Crippen molar-refractivity contribution in [1.29, 1.82) is 0 Å². The molecule has 138 valence electrons. The van der Waals surface area contributed by atoms with Gasteiger partial charge >= 0.3 is 6.03 Å². The Hall–Kier alpha value is -2.69. The molecule has 2 aromatic carbocycles. The van der Waals surface area contributed by atoms with E-state index in [1.54, 1.807) is 14.2 Å². The Labute approximate surface area is 154 Å². The van der Waals surface area contributed by atoms with Gasteiger partial charge in [0.2, 0.25) is 0 Å². The molecular formula is C21H26N2O3. The number of hydrogen-bond donors (Lipinski definition) is 2. The molecule has 2 N–H and O–H groups in total. The van der Waals surface area contributed by atoms with Gasteiger partial charge in [-0.15, -0.1) is 0 Å². The zero-order chi connectivity index (χ0) is 18.6. The van der Waals surface area contributed by atoms with E-state index in [-0.39, 0.29) is 17.5 Å². The molecule has 1 saturated carbocycles. The summed E-state index contributed by atoms with van der Waals surface area (Å²) in [5, 5.41) is 6.02. The lowest BCUT2D eigenvalue weighted by molar-refractivity contribution is 0.236. The minimum Gasteiger partial charge on any atom is -0.497 e. The van der Waals surface area contributed by atoms with Crippen molar-refractivity contribution in [2.45, 2.75) is 31.2 Å². The first-order chi connectivity index (χ1) is 12.6. The maximum atomic E-state index is 12.4. The lowest BCUT2D eigenvalue weighted by Crippen LogP contribution is -2.40. The van der Waals surface area contributed by atoms with Crippen LogP contribution in [0, 0.1) is 0 Å². The largest absolute Gasteiger partial charge is 0.497 e. The Kier molecular flexibility index (Phi) is 5.35. The van der Waals surface area contributed by atoms with Crippen LogP contribution >= 0.6 is 0 Å². The van der Waals surface area contributed by atoms with E-state index >= 15 is 0 Å². The topological polar surface area (TPSA) is 59.6 Å². The van der Waals surface area contributed by atoms with E-state index in [1.165, 1.54) is 5.56 Å². The average molecular weight is 354 g/mol. The van der Waals surface area contributed by atoms with Crippen molar-refractivity contribution in [3.8, 4) is 11.5 Å². The van der Waals surface area contributed by atoms with E-state index in [4.69, 9.17) is 9.47 Å². The number of ether oxygens (including phenoxy) is 2. The summed E-state index contributed by atoms with van der Waals surface area (Å²) in [6.07, 6.45) is 2.22. The molecule has 1 aliphatic rings. The molecule has 1 atom stereocenters. The SMILES string of the molecule is COc1ccc(OC)c(C(C)NC(=O)NCC2(c3ccccc3)CC2)c1. The molecule has 0 bridgehead atoms. The molecule has 5 heteroatoms. The number of rotatable bonds is 7. The standard InChI is InChI=1S/C21H26N2O3/c1-15(18-13-17(25-2)9-10-19(18)26-3)23-20(24)22-14-21(11-12-21)16-7-5-4-6-8-16/h4-10,13,15H,11-12,14H2,1-3H3,(H2,22,23,24). The molecule has 0 saturated heterocycles. The van der Waals surface area contributed by atoms with Crippen molar-refractivity contribution < 1.29 is 14.3 Å². The molecule has 2 amide bonds. The van der Waals surface area contributed by atoms with Crippen LogP contribution in [0.1, 0.15) is 36.9 Å². The number of carbonyl (C=O) groups excluding carboxylic acids is 1. The van der Waals surface area contributed by atoms with Gasteiger partial charge in [-0.05, 0) is 43.5 Å². The summed E-state index contributed by atoms with van der Waals surface area (Å²) in [7, 11) is 3.24. The molecule has 0 spiro atoms. The lowest BCUT2D eigenvalue weighted by atomic mass is 9.96. The van der Waals surface area contributed by atoms with Crippen LogP contribution in [0.25, 0.3) is 0 Å². The highest BCUT2D eigenvalue weighted by atomic mass is 16.5. The number of hydrogen-bond acceptors (Lipinski definition) is 3. The summed E-state index contributed by atoms with van der Waals surface area (Å²) in [5.74, 6) is 1.46. The van der Waals surface area contributed by atoms with Gasteiger partial charge in [-0.2, -0.15) is 0 Å². The van der Waals surface area contributed by atoms with Crippen LogP contribution in [0.5, 0.6) is 11.5 Å². The van der Waals surface area contributed by atoms with E-state index in [1.807, 2.05) is 43.3 Å². The molecule has 0 heterocycles. The second-order valence-electron chi connectivity index (χ2n) is 6.80. The molecule has 2 aromatic rings. The van der Waals surface area contributed by atoms with E-state index in [0.717, 1.165) is 29.9 Å². The van der Waals surface area contributed by atoms with Crippen molar-refractivity contribution >= 4 is 6.03 Å². The molecule has 1 fully saturated rings. The number of benzene rings is 2. The highest BCUT2D eigenvalue weighted by molar-refractivity contribution is 5.74. The Balaban J connectivity index is 1.60. The molecule has 0 aliphatic heterocycles. The zero-order valence-corrected chi connectivity index (χ0v) is 15.5. The predicted octanol–water partition coefficient (Wildman–Crippen LogP) is 3.80. The summed E-state index contributed by atoms with van der Waals surface area (Å²) < 4.78 is 10.7. The second-order valence-corrected chi connectivity index (χ2v) is 6.80. The Morgan fingerprint density at radius 3 is 2.46 bits per heavy atom. The van der Waals surface area contributed by atoms with Crippen molar-refractivity contribution in [2.75, 3.05) is 20.8 Å². The van der Waals surface area contributed by atoms with Crippen LogP contribution in [0.4, 0.5) is 4.79 Å². The number of amides is 2. The maximum Gasteiger partial charge on any atom is 0.315 e. The van der Waals surface area contributed by atoms with Crippen molar-refractivity contribution in [3.63, 3.8) is 0 Å². The quantitative estimate of drug-likeness (QED) is 0.795. The van der Waals surface area contributed by atoms with Crippen LogP contribution in [0.3, 0.4) is 0 Å². The number of methoxy groups -OCH3 is 2. The van der Waals surface area contributed by atoms with Gasteiger partial charge < -0.3 is 20.1 Å². The van der Waals surface area contributed by atoms with E-state index in [0.29, 0.717) is 6.54 Å². The maximum absolute atomic E-state index is 12.4. The number of nitrogens with one attached hydrogen (secondary N) is 2. The van der Waals surface area contributed by atoms with Crippen LogP contribution < -0.4 is 20.1 Å². The molecule has 0 aromatic heterocycles. The van der Waals surface area contributed by atoms with Crippen molar-refractivity contribution in [3.05, 3.63) is 59.7 Å². The molecule has 3 rings (SSSR count). The van der Waals surface area contributed by atoms with Gasteiger partial charge in [0, 0.05) is 17.5 Å². The smallest absolute Gasteiger partial charge is 0.315 e. The molecule has 5 nitrogen and oxygen atoms in total. The fourth-order valence-corrected chi connectivity index (χ4v) is 3.26. The van der Waals surface area contributed by atoms with Gasteiger partial charge in [0.1, 0.15) is 11.5 Å². The first kappa shape index (κ1) is 18.1. The summed E-state index contributed by atoms with van der Waals surface area (Å²) >= 11 is 0. The third-order valence-electron chi connectivity index (χ3n) is 5.08. The van der Waals surface area contributed by atoms with Crippen molar-refractivity contribution in [1.82, 2.24) is 10.6 Å². The number of carbonyl (C=O) groups is 1. The van der Waals surface area contributed by atoms with Gasteiger partial charge in [-0.3, -0.25) is 0 Å². The fraction of sp³-hybridized carbons (Fsp3) is 0.381. The normalized spacial score (nSPS) is 15.7. The van der Waals surface area contributed by atoms with Crippen LogP contribution in [0.2, 0.25) is 0 Å². The van der Waals surface area contributed by atoms with Gasteiger partial charge in [-0.25, -0.2) is 4.79 Å². The van der Waals surface area contributed by atoms with Crippen molar-refractivity contribution in [2.24, 2.45) is 0 Å². The fourth-order valence-electron chi connectivity index (χ4n) is 3.26. The van der Waals surface area contributed by atoms with Gasteiger partial charge in [0.05, 0.1) is 20.3 Å². The van der Waals surface area contributed by atoms with Gasteiger partial charge in [-0.1, -0.05) is 30.3 Å². The Bertz CT molecular complexity index is 757. The minimum absolute atomic E-state index is 0.0928. The molecule has 1 aliphatic carbocycles. The first-order valence-corrected chi connectivity index (χ1v) is 8.90. The summed E-state index contributed by atoms with van der Waals surface area (Å²) in [6.45, 7) is 2.58. The predicted molar refractivity (Wildman–Crippen MR) is 102 cm³/mol. The monoisotopic (exact) mass is 354 g/mol. The zero-order valence-electron chi connectivity index (χ0n) is 15.5. The second kappa shape index (κ2) is 7.68. The summed E-state index contributed by atoms with van der Waals surface area (Å²) in [5.41, 5.74) is 2.27. The Morgan fingerprint density at radius 2 is 1.85 bits per heavy atom. The minimum atomic E-state index is -0.202. The molecule has 0 radical (unpaired) electrons. The van der Waals surface area contributed by atoms with E-state index < -0.39 is 0 Å². The molecule has 26 heavy (non-hydrogen) atoms. The highest BCUT2D eigenvalue weighted by Gasteiger charge is 2.44. The average Bonchev–Trinajstić information content (AvgIpc) is 3.47. The van der Waals surface area contributed by atoms with Crippen LogP contribution in [0.15, 0.2) is 48.5 Å².